The standard InChI is InChI=1S/C15H20NO4P/c1-3-18-21(17,4-2)19-12-15-16-11-14(20-15)10-13-8-6-5-7-9-13/h5-9,11H,3-4,10,12H2,1-2H3. The Labute approximate surface area is 124 Å². The summed E-state index contributed by atoms with van der Waals surface area (Å²) in [5, 5.41) is 0. The molecule has 0 saturated heterocycles. The van der Waals surface area contributed by atoms with Crippen LogP contribution in [0.3, 0.4) is 0 Å². The van der Waals surface area contributed by atoms with E-state index in [1.165, 1.54) is 0 Å². The number of aromatic nitrogens is 1. The summed E-state index contributed by atoms with van der Waals surface area (Å²) in [6.07, 6.45) is 2.67. The maximum Gasteiger partial charge on any atom is 0.330 e. The molecule has 0 fully saturated rings. The van der Waals surface area contributed by atoms with Gasteiger partial charge in [-0.2, -0.15) is 0 Å². The van der Waals surface area contributed by atoms with Crippen LogP contribution in [0.25, 0.3) is 0 Å². The Morgan fingerprint density at radius 1 is 1.19 bits per heavy atom. The lowest BCUT2D eigenvalue weighted by atomic mass is 10.1. The molecule has 5 nitrogen and oxygen atoms in total. The molecule has 1 aromatic carbocycles. The molecule has 0 radical (unpaired) electrons. The van der Waals surface area contributed by atoms with Crippen LogP contribution in [0.15, 0.2) is 40.9 Å². The van der Waals surface area contributed by atoms with E-state index >= 15 is 0 Å². The number of oxazole rings is 1. The van der Waals surface area contributed by atoms with Gasteiger partial charge < -0.3 is 8.94 Å². The van der Waals surface area contributed by atoms with Crippen LogP contribution in [0.5, 0.6) is 0 Å². The van der Waals surface area contributed by atoms with E-state index in [0.29, 0.717) is 25.1 Å². The highest BCUT2D eigenvalue weighted by Crippen LogP contribution is 2.48. The molecule has 1 heterocycles. The van der Waals surface area contributed by atoms with Gasteiger partial charge in [-0.1, -0.05) is 37.3 Å². The first kappa shape index (κ1) is 16.0. The Bertz CT molecular complexity index is 597. The number of benzene rings is 1. The Kier molecular flexibility index (Phi) is 5.74. The van der Waals surface area contributed by atoms with Crippen molar-refractivity contribution in [3.05, 3.63) is 53.7 Å². The lowest BCUT2D eigenvalue weighted by Crippen LogP contribution is -1.98. The highest BCUT2D eigenvalue weighted by atomic mass is 31.2. The van der Waals surface area contributed by atoms with Crippen LogP contribution in [0.1, 0.15) is 31.1 Å². The van der Waals surface area contributed by atoms with Gasteiger partial charge in [0.2, 0.25) is 5.89 Å². The minimum absolute atomic E-state index is 0.0555. The molecule has 21 heavy (non-hydrogen) atoms. The highest BCUT2D eigenvalue weighted by molar-refractivity contribution is 7.53. The second-order valence-electron chi connectivity index (χ2n) is 4.50. The molecular weight excluding hydrogens is 289 g/mol. The number of rotatable bonds is 8. The van der Waals surface area contributed by atoms with E-state index in [0.717, 1.165) is 11.3 Å². The molecule has 6 heteroatoms. The summed E-state index contributed by atoms with van der Waals surface area (Å²) >= 11 is 0. The zero-order valence-electron chi connectivity index (χ0n) is 12.3. The third-order valence-corrected chi connectivity index (χ3v) is 4.87. The molecule has 2 aromatic rings. The molecule has 2 rings (SSSR count). The van der Waals surface area contributed by atoms with Gasteiger partial charge in [-0.25, -0.2) is 4.98 Å². The summed E-state index contributed by atoms with van der Waals surface area (Å²) in [7, 11) is -3.02. The average Bonchev–Trinajstić information content (AvgIpc) is 2.94. The molecule has 1 aromatic heterocycles. The quantitative estimate of drug-likeness (QED) is 0.689. The zero-order chi connectivity index (χ0) is 15.1. The minimum atomic E-state index is -3.02. The van der Waals surface area contributed by atoms with Crippen molar-refractivity contribution in [3.8, 4) is 0 Å². The van der Waals surface area contributed by atoms with Gasteiger partial charge in [0.1, 0.15) is 12.4 Å². The molecule has 0 aliphatic carbocycles. The second-order valence-corrected chi connectivity index (χ2v) is 6.87. The Morgan fingerprint density at radius 3 is 2.62 bits per heavy atom. The lowest BCUT2D eigenvalue weighted by molar-refractivity contribution is 0.188. The van der Waals surface area contributed by atoms with E-state index < -0.39 is 7.60 Å². The summed E-state index contributed by atoms with van der Waals surface area (Å²) in [5.74, 6) is 1.16. The molecule has 1 atom stereocenters. The van der Waals surface area contributed by atoms with Crippen molar-refractivity contribution < 1.29 is 18.0 Å². The SMILES string of the molecule is CCOP(=O)(CC)OCc1ncc(Cc2ccccc2)o1. The fourth-order valence-electron chi connectivity index (χ4n) is 1.86. The minimum Gasteiger partial charge on any atom is -0.443 e. The molecule has 0 N–H and O–H groups in total. The Balaban J connectivity index is 1.93. The van der Waals surface area contributed by atoms with E-state index in [-0.39, 0.29) is 6.61 Å². The van der Waals surface area contributed by atoms with Crippen LogP contribution >= 0.6 is 7.60 Å². The molecule has 0 spiro atoms. The first-order valence-corrected chi connectivity index (χ1v) is 8.73. The van der Waals surface area contributed by atoms with Crippen LogP contribution in [-0.4, -0.2) is 17.8 Å². The molecule has 114 valence electrons. The summed E-state index contributed by atoms with van der Waals surface area (Å²) in [6, 6.07) is 9.99. The van der Waals surface area contributed by atoms with E-state index in [1.807, 2.05) is 30.3 Å². The normalized spacial score (nSPS) is 14.0. The zero-order valence-corrected chi connectivity index (χ0v) is 13.2. The van der Waals surface area contributed by atoms with Crippen LogP contribution in [0, 0.1) is 0 Å². The summed E-state index contributed by atoms with van der Waals surface area (Å²) in [6.45, 7) is 3.97. The van der Waals surface area contributed by atoms with Crippen molar-refractivity contribution in [3.63, 3.8) is 0 Å². The van der Waals surface area contributed by atoms with Crippen molar-refractivity contribution >= 4 is 7.60 Å². The third kappa shape index (κ3) is 4.81. The molecule has 0 amide bonds. The smallest absolute Gasteiger partial charge is 0.330 e. The van der Waals surface area contributed by atoms with Crippen molar-refractivity contribution in [2.24, 2.45) is 0 Å². The Hall–Kier alpha value is -1.42. The highest BCUT2D eigenvalue weighted by Gasteiger charge is 2.22. The first-order valence-electron chi connectivity index (χ1n) is 7.01. The van der Waals surface area contributed by atoms with E-state index in [9.17, 15) is 4.57 Å². The molecule has 0 saturated carbocycles. The van der Waals surface area contributed by atoms with Crippen molar-refractivity contribution in [2.75, 3.05) is 12.8 Å². The largest absolute Gasteiger partial charge is 0.443 e. The molecule has 0 aliphatic rings. The Morgan fingerprint density at radius 2 is 1.95 bits per heavy atom. The average molecular weight is 309 g/mol. The van der Waals surface area contributed by atoms with Gasteiger partial charge in [0.05, 0.1) is 12.8 Å². The third-order valence-electron chi connectivity index (χ3n) is 2.92. The van der Waals surface area contributed by atoms with E-state index in [1.54, 1.807) is 20.0 Å². The fourth-order valence-corrected chi connectivity index (χ4v) is 3.00. The van der Waals surface area contributed by atoms with Crippen molar-refractivity contribution in [1.29, 1.82) is 0 Å². The van der Waals surface area contributed by atoms with Gasteiger partial charge in [0.25, 0.3) is 0 Å². The predicted octanol–water partition coefficient (Wildman–Crippen LogP) is 4.03. The maximum absolute atomic E-state index is 12.1. The monoisotopic (exact) mass is 309 g/mol. The molecule has 1 unspecified atom stereocenters. The van der Waals surface area contributed by atoms with Gasteiger partial charge in [-0.15, -0.1) is 0 Å². The van der Waals surface area contributed by atoms with E-state index in [4.69, 9.17) is 13.5 Å². The van der Waals surface area contributed by atoms with Gasteiger partial charge in [0, 0.05) is 12.6 Å². The van der Waals surface area contributed by atoms with E-state index in [2.05, 4.69) is 4.98 Å². The van der Waals surface area contributed by atoms with Crippen LogP contribution < -0.4 is 0 Å². The van der Waals surface area contributed by atoms with Crippen LogP contribution in [0.2, 0.25) is 0 Å². The molecular formula is C15H20NO4P. The summed E-state index contributed by atoms with van der Waals surface area (Å²) < 4.78 is 28.2. The van der Waals surface area contributed by atoms with Gasteiger partial charge in [-0.3, -0.25) is 9.09 Å². The van der Waals surface area contributed by atoms with Crippen LogP contribution in [-0.2, 0) is 26.6 Å². The fraction of sp³-hybridized carbons (Fsp3) is 0.400. The predicted molar refractivity (Wildman–Crippen MR) is 80.3 cm³/mol. The molecule has 0 aliphatic heterocycles. The first-order chi connectivity index (χ1) is 10.1. The van der Waals surface area contributed by atoms with Crippen molar-refractivity contribution in [1.82, 2.24) is 4.98 Å². The van der Waals surface area contributed by atoms with Crippen LogP contribution in [0.4, 0.5) is 0 Å². The molecule has 0 bridgehead atoms. The maximum atomic E-state index is 12.1. The number of hydrogen-bond donors (Lipinski definition) is 0. The topological polar surface area (TPSA) is 61.6 Å². The number of hydrogen-bond acceptors (Lipinski definition) is 5. The van der Waals surface area contributed by atoms with Crippen molar-refractivity contribution in [2.45, 2.75) is 26.9 Å². The van der Waals surface area contributed by atoms with Gasteiger partial charge in [0.15, 0.2) is 0 Å². The lowest BCUT2D eigenvalue weighted by Gasteiger charge is -2.14. The summed E-state index contributed by atoms with van der Waals surface area (Å²) in [4.78, 5) is 4.14. The van der Waals surface area contributed by atoms with Gasteiger partial charge >= 0.3 is 7.60 Å². The number of nitrogens with zero attached hydrogens (tertiary/aromatic N) is 1. The summed E-state index contributed by atoms with van der Waals surface area (Å²) in [5.41, 5.74) is 1.15. The van der Waals surface area contributed by atoms with Gasteiger partial charge in [-0.05, 0) is 12.5 Å². The second kappa shape index (κ2) is 7.55.